The first kappa shape index (κ1) is 11.0. The quantitative estimate of drug-likeness (QED) is 0.713. The van der Waals surface area contributed by atoms with E-state index < -0.39 is 0 Å². The van der Waals surface area contributed by atoms with Gasteiger partial charge >= 0.3 is 0 Å². The van der Waals surface area contributed by atoms with E-state index in [-0.39, 0.29) is 0 Å². The summed E-state index contributed by atoms with van der Waals surface area (Å²) in [5.41, 5.74) is 0. The zero-order chi connectivity index (χ0) is 10.8. The Morgan fingerprint density at radius 1 is 0.688 bits per heavy atom. The monoisotopic (exact) mass is 223 g/mol. The van der Waals surface area contributed by atoms with Crippen molar-refractivity contribution in [1.29, 1.82) is 0 Å². The van der Waals surface area contributed by atoms with E-state index in [1.165, 1.54) is 71.4 Å². The largest absolute Gasteiger partial charge is 0.314 e. The van der Waals surface area contributed by atoms with E-state index in [4.69, 9.17) is 0 Å². The Morgan fingerprint density at radius 2 is 1.44 bits per heavy atom. The smallest absolute Gasteiger partial charge is 0.0264 e. The highest BCUT2D eigenvalue weighted by Crippen LogP contribution is 2.29. The molecule has 3 saturated heterocycles. The van der Waals surface area contributed by atoms with Gasteiger partial charge in [0.15, 0.2) is 0 Å². The van der Waals surface area contributed by atoms with E-state index in [0.29, 0.717) is 0 Å². The van der Waals surface area contributed by atoms with Crippen LogP contribution in [0.15, 0.2) is 0 Å². The van der Waals surface area contributed by atoms with Gasteiger partial charge in [0.2, 0.25) is 0 Å². The van der Waals surface area contributed by atoms with Crippen molar-refractivity contribution in [2.75, 3.05) is 39.3 Å². The Bertz CT molecular complexity index is 225. The van der Waals surface area contributed by atoms with Crippen molar-refractivity contribution in [2.24, 2.45) is 0 Å². The molecule has 3 heterocycles. The highest BCUT2D eigenvalue weighted by molar-refractivity contribution is 4.95. The van der Waals surface area contributed by atoms with Crippen molar-refractivity contribution in [3.63, 3.8) is 0 Å². The number of hydrogen-bond acceptors (Lipinski definition) is 3. The van der Waals surface area contributed by atoms with Gasteiger partial charge in [0, 0.05) is 44.8 Å². The van der Waals surface area contributed by atoms with E-state index >= 15 is 0 Å². The van der Waals surface area contributed by atoms with E-state index in [1.807, 2.05) is 0 Å². The van der Waals surface area contributed by atoms with Crippen LogP contribution in [-0.2, 0) is 0 Å². The minimum Gasteiger partial charge on any atom is -0.314 e. The average molecular weight is 223 g/mol. The number of piperazine rings is 1. The number of rotatable bonds is 1. The van der Waals surface area contributed by atoms with Crippen LogP contribution in [-0.4, -0.2) is 61.2 Å². The molecular formula is C13H25N3. The standard InChI is InChI=1S/C13H25N3/c1-2-4-12-13(5-9-15(12)8-3-1)16-10-6-14-7-11-16/h12-14H,1-11H2. The minimum absolute atomic E-state index is 0.875. The number of nitrogens with one attached hydrogen (secondary N) is 1. The molecule has 3 rings (SSSR count). The second kappa shape index (κ2) is 5.03. The van der Waals surface area contributed by atoms with E-state index in [1.54, 1.807) is 0 Å². The fourth-order valence-electron chi connectivity index (χ4n) is 3.84. The summed E-state index contributed by atoms with van der Waals surface area (Å²) in [5.74, 6) is 0. The first-order chi connectivity index (χ1) is 7.95. The number of hydrogen-bond donors (Lipinski definition) is 1. The van der Waals surface area contributed by atoms with Gasteiger partial charge in [-0.15, -0.1) is 0 Å². The summed E-state index contributed by atoms with van der Waals surface area (Å²) in [6.07, 6.45) is 7.23. The Kier molecular flexibility index (Phi) is 3.46. The van der Waals surface area contributed by atoms with Gasteiger partial charge in [-0.05, 0) is 25.8 Å². The molecule has 0 amide bonds. The summed E-state index contributed by atoms with van der Waals surface area (Å²) >= 11 is 0. The summed E-state index contributed by atoms with van der Waals surface area (Å²) in [7, 11) is 0. The molecular weight excluding hydrogens is 198 g/mol. The van der Waals surface area contributed by atoms with Crippen molar-refractivity contribution in [1.82, 2.24) is 15.1 Å². The lowest BCUT2D eigenvalue weighted by molar-refractivity contribution is 0.126. The second-order valence-electron chi connectivity index (χ2n) is 5.59. The Morgan fingerprint density at radius 3 is 2.31 bits per heavy atom. The molecule has 0 aromatic rings. The second-order valence-corrected chi connectivity index (χ2v) is 5.59. The molecule has 2 atom stereocenters. The first-order valence-corrected chi connectivity index (χ1v) is 7.14. The van der Waals surface area contributed by atoms with Gasteiger partial charge in [0.05, 0.1) is 0 Å². The third-order valence-corrected chi connectivity index (χ3v) is 4.69. The fraction of sp³-hybridized carbons (Fsp3) is 1.00. The summed E-state index contributed by atoms with van der Waals surface area (Å²) in [6, 6.07) is 1.76. The number of nitrogens with zero attached hydrogens (tertiary/aromatic N) is 2. The van der Waals surface area contributed by atoms with Gasteiger partial charge in [-0.25, -0.2) is 0 Å². The van der Waals surface area contributed by atoms with Crippen LogP contribution in [0, 0.1) is 0 Å². The lowest BCUT2D eigenvalue weighted by Crippen LogP contribution is -2.52. The van der Waals surface area contributed by atoms with Crippen LogP contribution in [0.2, 0.25) is 0 Å². The Balaban J connectivity index is 1.65. The lowest BCUT2D eigenvalue weighted by atomic mass is 10.0. The maximum atomic E-state index is 3.47. The third-order valence-electron chi connectivity index (χ3n) is 4.69. The van der Waals surface area contributed by atoms with Gasteiger partial charge in [0.25, 0.3) is 0 Å². The SMILES string of the molecule is C1CCC2C(N3CCNCC3)CCN2CC1. The van der Waals surface area contributed by atoms with Crippen LogP contribution in [0.1, 0.15) is 32.1 Å². The van der Waals surface area contributed by atoms with Crippen molar-refractivity contribution in [3.05, 3.63) is 0 Å². The molecule has 16 heavy (non-hydrogen) atoms. The Labute approximate surface area is 99.2 Å². The van der Waals surface area contributed by atoms with Crippen molar-refractivity contribution < 1.29 is 0 Å². The zero-order valence-electron chi connectivity index (χ0n) is 10.3. The van der Waals surface area contributed by atoms with E-state index in [0.717, 1.165) is 12.1 Å². The average Bonchev–Trinajstić information content (AvgIpc) is 2.60. The molecule has 0 bridgehead atoms. The predicted octanol–water partition coefficient (Wildman–Crippen LogP) is 0.909. The molecule has 0 aromatic carbocycles. The summed E-state index contributed by atoms with van der Waals surface area (Å²) < 4.78 is 0. The Hall–Kier alpha value is -0.120. The molecule has 3 aliphatic heterocycles. The lowest BCUT2D eigenvalue weighted by Gasteiger charge is -2.37. The minimum atomic E-state index is 0.875. The topological polar surface area (TPSA) is 18.5 Å². The molecule has 0 aliphatic carbocycles. The fourth-order valence-corrected chi connectivity index (χ4v) is 3.84. The molecule has 3 fully saturated rings. The van der Waals surface area contributed by atoms with Crippen LogP contribution in [0.3, 0.4) is 0 Å². The zero-order valence-corrected chi connectivity index (χ0v) is 10.3. The van der Waals surface area contributed by atoms with Crippen molar-refractivity contribution in [3.8, 4) is 0 Å². The van der Waals surface area contributed by atoms with Crippen LogP contribution in [0.5, 0.6) is 0 Å². The van der Waals surface area contributed by atoms with E-state index in [2.05, 4.69) is 15.1 Å². The maximum absolute atomic E-state index is 3.47. The molecule has 0 radical (unpaired) electrons. The van der Waals surface area contributed by atoms with Gasteiger partial charge in [-0.3, -0.25) is 9.80 Å². The first-order valence-electron chi connectivity index (χ1n) is 7.14. The highest BCUT2D eigenvalue weighted by Gasteiger charge is 2.37. The molecule has 3 nitrogen and oxygen atoms in total. The normalized spacial score (nSPS) is 38.2. The van der Waals surface area contributed by atoms with Crippen molar-refractivity contribution >= 4 is 0 Å². The summed E-state index contributed by atoms with van der Waals surface area (Å²) in [6.45, 7) is 7.67. The molecule has 3 heteroatoms. The maximum Gasteiger partial charge on any atom is 0.0264 e. The molecule has 0 spiro atoms. The molecule has 0 aromatic heterocycles. The molecule has 3 aliphatic rings. The summed E-state index contributed by atoms with van der Waals surface area (Å²) in [5, 5.41) is 3.47. The van der Waals surface area contributed by atoms with Crippen LogP contribution in [0.25, 0.3) is 0 Å². The number of fused-ring (bicyclic) bond motifs is 1. The van der Waals surface area contributed by atoms with Crippen LogP contribution in [0.4, 0.5) is 0 Å². The highest BCUT2D eigenvalue weighted by atomic mass is 15.3. The third kappa shape index (κ3) is 2.13. The molecule has 2 unspecified atom stereocenters. The van der Waals surface area contributed by atoms with Crippen LogP contribution >= 0.6 is 0 Å². The van der Waals surface area contributed by atoms with Crippen molar-refractivity contribution in [2.45, 2.75) is 44.2 Å². The van der Waals surface area contributed by atoms with Crippen LogP contribution < -0.4 is 5.32 Å². The molecule has 0 saturated carbocycles. The van der Waals surface area contributed by atoms with E-state index in [9.17, 15) is 0 Å². The van der Waals surface area contributed by atoms with Gasteiger partial charge in [0.1, 0.15) is 0 Å². The van der Waals surface area contributed by atoms with Gasteiger partial charge in [-0.1, -0.05) is 12.8 Å². The predicted molar refractivity (Wildman–Crippen MR) is 66.7 cm³/mol. The van der Waals surface area contributed by atoms with Gasteiger partial charge in [-0.2, -0.15) is 0 Å². The summed E-state index contributed by atoms with van der Waals surface area (Å²) in [4.78, 5) is 5.53. The van der Waals surface area contributed by atoms with Gasteiger partial charge < -0.3 is 5.32 Å². The molecule has 1 N–H and O–H groups in total. The molecule has 92 valence electrons.